The number of hydrogen-bond acceptors (Lipinski definition) is 3. The Morgan fingerprint density at radius 1 is 1.17 bits per heavy atom. The van der Waals surface area contributed by atoms with E-state index >= 15 is 0 Å². The first-order valence-electron chi connectivity index (χ1n) is 7.74. The molecule has 5 nitrogen and oxygen atoms in total. The maximum atomic E-state index is 12.4. The van der Waals surface area contributed by atoms with Crippen LogP contribution in [0.2, 0.25) is 0 Å². The molecule has 2 amide bonds. The molecule has 5 heteroatoms. The number of furan rings is 1. The number of nitrogens with one attached hydrogen (secondary N) is 1. The van der Waals surface area contributed by atoms with Crippen LogP contribution in [-0.4, -0.2) is 23.8 Å². The van der Waals surface area contributed by atoms with Crippen molar-refractivity contribution in [2.75, 3.05) is 12.4 Å². The summed E-state index contributed by atoms with van der Waals surface area (Å²) in [4.78, 5) is 25.7. The number of aryl methyl sites for hydroxylation is 1. The van der Waals surface area contributed by atoms with Gasteiger partial charge in [-0.3, -0.25) is 9.59 Å². The average Bonchev–Trinajstić information content (AvgIpc) is 3.31. The molecule has 0 radical (unpaired) electrons. The molecule has 1 saturated carbocycles. The van der Waals surface area contributed by atoms with Crippen LogP contribution in [0.15, 0.2) is 40.8 Å². The number of benzene rings is 1. The summed E-state index contributed by atoms with van der Waals surface area (Å²) in [7, 11) is 1.74. The minimum Gasteiger partial charge on any atom is -0.464 e. The van der Waals surface area contributed by atoms with Gasteiger partial charge >= 0.3 is 0 Å². The van der Waals surface area contributed by atoms with Crippen LogP contribution in [0.25, 0.3) is 0 Å². The largest absolute Gasteiger partial charge is 0.464 e. The van der Waals surface area contributed by atoms with E-state index in [-0.39, 0.29) is 17.7 Å². The summed E-state index contributed by atoms with van der Waals surface area (Å²) in [5.74, 6) is 1.73. The molecule has 1 aliphatic carbocycles. The van der Waals surface area contributed by atoms with Crippen LogP contribution < -0.4 is 5.32 Å². The molecular weight excluding hydrogens is 292 g/mol. The van der Waals surface area contributed by atoms with E-state index in [1.54, 1.807) is 36.2 Å². The second-order valence-corrected chi connectivity index (χ2v) is 6.01. The van der Waals surface area contributed by atoms with Gasteiger partial charge in [0, 0.05) is 24.2 Å². The van der Waals surface area contributed by atoms with Gasteiger partial charge in [0.15, 0.2) is 0 Å². The number of anilines is 1. The van der Waals surface area contributed by atoms with E-state index in [0.717, 1.165) is 30.0 Å². The molecule has 0 saturated heterocycles. The van der Waals surface area contributed by atoms with Crippen LogP contribution in [0.1, 0.15) is 34.7 Å². The second kappa shape index (κ2) is 6.28. The van der Waals surface area contributed by atoms with E-state index in [0.29, 0.717) is 12.1 Å². The van der Waals surface area contributed by atoms with E-state index in [1.165, 1.54) is 0 Å². The molecule has 23 heavy (non-hydrogen) atoms. The highest BCUT2D eigenvalue weighted by atomic mass is 16.3. The zero-order chi connectivity index (χ0) is 16.4. The highest BCUT2D eigenvalue weighted by Gasteiger charge is 2.29. The lowest BCUT2D eigenvalue weighted by Gasteiger charge is -2.16. The Morgan fingerprint density at radius 3 is 2.43 bits per heavy atom. The molecule has 0 atom stereocenters. The van der Waals surface area contributed by atoms with Crippen LogP contribution in [0.4, 0.5) is 5.69 Å². The van der Waals surface area contributed by atoms with Crippen LogP contribution in [-0.2, 0) is 11.3 Å². The Labute approximate surface area is 135 Å². The van der Waals surface area contributed by atoms with Crippen molar-refractivity contribution in [3.63, 3.8) is 0 Å². The topological polar surface area (TPSA) is 62.6 Å². The minimum absolute atomic E-state index is 0.0642. The van der Waals surface area contributed by atoms with E-state index in [1.807, 2.05) is 19.1 Å². The second-order valence-electron chi connectivity index (χ2n) is 6.01. The number of carbonyl (C=O) groups excluding carboxylic acids is 2. The molecule has 1 N–H and O–H groups in total. The van der Waals surface area contributed by atoms with Gasteiger partial charge in [-0.25, -0.2) is 0 Å². The fourth-order valence-corrected chi connectivity index (χ4v) is 2.38. The fourth-order valence-electron chi connectivity index (χ4n) is 2.38. The third kappa shape index (κ3) is 3.80. The third-order valence-electron chi connectivity index (χ3n) is 3.88. The maximum absolute atomic E-state index is 12.4. The van der Waals surface area contributed by atoms with Crippen LogP contribution in [0.5, 0.6) is 0 Å². The van der Waals surface area contributed by atoms with Crippen LogP contribution >= 0.6 is 0 Å². The molecule has 1 fully saturated rings. The van der Waals surface area contributed by atoms with Gasteiger partial charge in [0.05, 0.1) is 6.54 Å². The number of hydrogen-bond donors (Lipinski definition) is 1. The molecule has 3 rings (SSSR count). The quantitative estimate of drug-likeness (QED) is 0.922. The number of rotatable bonds is 5. The molecule has 120 valence electrons. The van der Waals surface area contributed by atoms with Crippen molar-refractivity contribution in [2.45, 2.75) is 26.3 Å². The molecule has 1 aliphatic rings. The summed E-state index contributed by atoms with van der Waals surface area (Å²) in [6.07, 6.45) is 1.94. The summed E-state index contributed by atoms with van der Waals surface area (Å²) < 4.78 is 5.49. The van der Waals surface area contributed by atoms with Crippen molar-refractivity contribution in [3.05, 3.63) is 53.5 Å². The summed E-state index contributed by atoms with van der Waals surface area (Å²) in [5.41, 5.74) is 1.31. The van der Waals surface area contributed by atoms with E-state index in [2.05, 4.69) is 5.32 Å². The molecule has 1 heterocycles. The average molecular weight is 312 g/mol. The Balaban J connectivity index is 1.61. The van der Waals surface area contributed by atoms with Crippen molar-refractivity contribution in [2.24, 2.45) is 5.92 Å². The molecule has 0 spiro atoms. The fraction of sp³-hybridized carbons (Fsp3) is 0.333. The van der Waals surface area contributed by atoms with Gasteiger partial charge in [0.2, 0.25) is 5.91 Å². The van der Waals surface area contributed by atoms with Crippen molar-refractivity contribution >= 4 is 17.5 Å². The standard InChI is InChI=1S/C18H20N2O3/c1-12-3-10-16(23-12)11-20(2)18(22)14-6-8-15(9-7-14)19-17(21)13-4-5-13/h3,6-10,13H,4-5,11H2,1-2H3,(H,19,21). The summed E-state index contributed by atoms with van der Waals surface area (Å²) in [6, 6.07) is 10.7. The Morgan fingerprint density at radius 2 is 1.87 bits per heavy atom. The monoisotopic (exact) mass is 312 g/mol. The first-order chi connectivity index (χ1) is 11.0. The Hall–Kier alpha value is -2.56. The van der Waals surface area contributed by atoms with Gasteiger partial charge < -0.3 is 14.6 Å². The first-order valence-corrected chi connectivity index (χ1v) is 7.74. The van der Waals surface area contributed by atoms with Crippen molar-refractivity contribution in [1.82, 2.24) is 4.90 Å². The van der Waals surface area contributed by atoms with Crippen LogP contribution in [0.3, 0.4) is 0 Å². The van der Waals surface area contributed by atoms with E-state index < -0.39 is 0 Å². The number of carbonyl (C=O) groups is 2. The minimum atomic E-state index is -0.0841. The van der Waals surface area contributed by atoms with Gasteiger partial charge in [-0.05, 0) is 56.2 Å². The lowest BCUT2D eigenvalue weighted by molar-refractivity contribution is -0.117. The van der Waals surface area contributed by atoms with E-state index in [4.69, 9.17) is 4.42 Å². The Kier molecular flexibility index (Phi) is 4.19. The maximum Gasteiger partial charge on any atom is 0.254 e. The highest BCUT2D eigenvalue weighted by Crippen LogP contribution is 2.30. The first kappa shape index (κ1) is 15.3. The van der Waals surface area contributed by atoms with Crippen molar-refractivity contribution in [1.29, 1.82) is 0 Å². The smallest absolute Gasteiger partial charge is 0.254 e. The number of nitrogens with zero attached hydrogens (tertiary/aromatic N) is 1. The molecular formula is C18H20N2O3. The van der Waals surface area contributed by atoms with E-state index in [9.17, 15) is 9.59 Å². The molecule has 1 aromatic heterocycles. The molecule has 0 bridgehead atoms. The van der Waals surface area contributed by atoms with Gasteiger partial charge in [0.1, 0.15) is 11.5 Å². The molecule has 2 aromatic rings. The zero-order valence-corrected chi connectivity index (χ0v) is 13.3. The Bertz CT molecular complexity index is 714. The summed E-state index contributed by atoms with van der Waals surface area (Å²) in [6.45, 7) is 2.30. The molecule has 0 aliphatic heterocycles. The molecule has 1 aromatic carbocycles. The highest BCUT2D eigenvalue weighted by molar-refractivity contribution is 5.96. The normalized spacial score (nSPS) is 13.7. The lowest BCUT2D eigenvalue weighted by Crippen LogP contribution is -2.26. The number of amides is 2. The van der Waals surface area contributed by atoms with Crippen molar-refractivity contribution < 1.29 is 14.0 Å². The predicted molar refractivity (Wildman–Crippen MR) is 87.0 cm³/mol. The summed E-state index contributed by atoms with van der Waals surface area (Å²) >= 11 is 0. The van der Waals surface area contributed by atoms with Gasteiger partial charge in [0.25, 0.3) is 5.91 Å². The van der Waals surface area contributed by atoms with Gasteiger partial charge in [-0.2, -0.15) is 0 Å². The molecule has 0 unspecified atom stereocenters. The predicted octanol–water partition coefficient (Wildman–Crippen LogP) is 3.21. The third-order valence-corrected chi connectivity index (χ3v) is 3.88. The SMILES string of the molecule is Cc1ccc(CN(C)C(=O)c2ccc(NC(=O)C3CC3)cc2)o1. The van der Waals surface area contributed by atoms with Gasteiger partial charge in [-0.15, -0.1) is 0 Å². The van der Waals surface area contributed by atoms with Crippen LogP contribution in [0, 0.1) is 12.8 Å². The lowest BCUT2D eigenvalue weighted by atomic mass is 10.1. The summed E-state index contributed by atoms with van der Waals surface area (Å²) in [5, 5.41) is 2.86. The zero-order valence-electron chi connectivity index (χ0n) is 13.3. The van der Waals surface area contributed by atoms with Crippen molar-refractivity contribution in [3.8, 4) is 0 Å². The van der Waals surface area contributed by atoms with Gasteiger partial charge in [-0.1, -0.05) is 0 Å².